The Bertz CT molecular complexity index is 1440. The van der Waals surface area contributed by atoms with E-state index in [0.717, 1.165) is 62.5 Å². The number of pyridine rings is 1. The number of aromatic nitrogens is 3. The van der Waals surface area contributed by atoms with Gasteiger partial charge in [0.1, 0.15) is 0 Å². The number of fused-ring (bicyclic) bond motifs is 1. The van der Waals surface area contributed by atoms with Crippen LogP contribution in [0.25, 0.3) is 11.2 Å². The lowest BCUT2D eigenvalue weighted by Crippen LogP contribution is -2.43. The molecule has 4 heterocycles. The SMILES string of the molecule is CN(C(=O)c1ccc(Nc2nc3c(N4CC=C(c5ccccc5)CC4)cccn3n2)cc1)C1CCNCC1. The Labute approximate surface area is 223 Å². The van der Waals surface area contributed by atoms with Crippen LogP contribution >= 0.6 is 0 Å². The first-order valence-electron chi connectivity index (χ1n) is 13.4. The first kappa shape index (κ1) is 24.2. The molecule has 1 fully saturated rings. The monoisotopic (exact) mass is 507 g/mol. The van der Waals surface area contributed by atoms with Gasteiger partial charge in [-0.1, -0.05) is 36.4 Å². The highest BCUT2D eigenvalue weighted by Crippen LogP contribution is 2.28. The van der Waals surface area contributed by atoms with Gasteiger partial charge in [0.05, 0.1) is 5.69 Å². The Morgan fingerprint density at radius 3 is 2.55 bits per heavy atom. The molecule has 2 N–H and O–H groups in total. The van der Waals surface area contributed by atoms with Gasteiger partial charge >= 0.3 is 0 Å². The van der Waals surface area contributed by atoms with Gasteiger partial charge in [-0.15, -0.1) is 5.10 Å². The number of nitrogens with one attached hydrogen (secondary N) is 2. The van der Waals surface area contributed by atoms with Crippen LogP contribution in [-0.4, -0.2) is 64.7 Å². The van der Waals surface area contributed by atoms with Crippen LogP contribution in [0, 0.1) is 0 Å². The molecule has 2 aliphatic rings. The highest BCUT2D eigenvalue weighted by atomic mass is 16.2. The fourth-order valence-electron chi connectivity index (χ4n) is 5.38. The summed E-state index contributed by atoms with van der Waals surface area (Å²) in [6, 6.07) is 22.6. The predicted octanol–water partition coefficient (Wildman–Crippen LogP) is 4.59. The third-order valence-electron chi connectivity index (χ3n) is 7.60. The normalized spacial score (nSPS) is 16.3. The Hall–Kier alpha value is -4.17. The number of hydrogen-bond donors (Lipinski definition) is 2. The van der Waals surface area contributed by atoms with E-state index in [4.69, 9.17) is 4.98 Å². The van der Waals surface area contributed by atoms with E-state index in [1.54, 1.807) is 0 Å². The highest BCUT2D eigenvalue weighted by molar-refractivity contribution is 5.94. The van der Waals surface area contributed by atoms with Crippen LogP contribution in [0.15, 0.2) is 79.0 Å². The molecule has 0 aliphatic carbocycles. The van der Waals surface area contributed by atoms with E-state index in [0.29, 0.717) is 17.6 Å². The number of piperidine rings is 1. The van der Waals surface area contributed by atoms with E-state index in [9.17, 15) is 4.79 Å². The van der Waals surface area contributed by atoms with E-state index in [1.807, 2.05) is 53.0 Å². The number of hydrogen-bond acceptors (Lipinski definition) is 6. The molecule has 0 saturated carbocycles. The maximum atomic E-state index is 13.0. The molecule has 8 nitrogen and oxygen atoms in total. The van der Waals surface area contributed by atoms with E-state index < -0.39 is 0 Å². The van der Waals surface area contributed by atoms with E-state index >= 15 is 0 Å². The summed E-state index contributed by atoms with van der Waals surface area (Å²) >= 11 is 0. The van der Waals surface area contributed by atoms with E-state index in [-0.39, 0.29) is 5.91 Å². The largest absolute Gasteiger partial charge is 0.364 e. The van der Waals surface area contributed by atoms with Crippen molar-refractivity contribution in [1.82, 2.24) is 24.8 Å². The van der Waals surface area contributed by atoms with Crippen molar-refractivity contribution in [3.05, 3.63) is 90.1 Å². The summed E-state index contributed by atoms with van der Waals surface area (Å²) in [5.41, 5.74) is 6.11. The molecule has 1 amide bonds. The molecule has 6 rings (SSSR count). The fourth-order valence-corrected chi connectivity index (χ4v) is 5.38. The first-order chi connectivity index (χ1) is 18.7. The van der Waals surface area contributed by atoms with Crippen molar-refractivity contribution >= 4 is 34.5 Å². The smallest absolute Gasteiger partial charge is 0.253 e. The predicted molar refractivity (Wildman–Crippen MR) is 152 cm³/mol. The number of carbonyl (C=O) groups excluding carboxylic acids is 1. The van der Waals surface area contributed by atoms with Gasteiger partial charge in [-0.3, -0.25) is 4.79 Å². The van der Waals surface area contributed by atoms with Gasteiger partial charge in [0.15, 0.2) is 5.65 Å². The van der Waals surface area contributed by atoms with Gasteiger partial charge < -0.3 is 20.4 Å². The average molecular weight is 508 g/mol. The minimum Gasteiger partial charge on any atom is -0.364 e. The zero-order chi connectivity index (χ0) is 25.9. The Balaban J connectivity index is 1.15. The summed E-state index contributed by atoms with van der Waals surface area (Å²) < 4.78 is 1.82. The molecule has 0 atom stereocenters. The topological polar surface area (TPSA) is 77.8 Å². The molecule has 4 aromatic rings. The molecule has 38 heavy (non-hydrogen) atoms. The molecular formula is C30H33N7O. The second-order valence-electron chi connectivity index (χ2n) is 9.99. The standard InChI is InChI=1S/C30H33N7O/c1-35(26-13-17-31-18-14-26)29(38)24-9-11-25(12-10-24)32-30-33-28-27(8-5-19-37(28)34-30)36-20-15-23(16-21-36)22-6-3-2-4-7-22/h2-12,15,19,26,31H,13-14,16-18,20-21H2,1H3,(H,32,34). The summed E-state index contributed by atoms with van der Waals surface area (Å²) in [7, 11) is 1.91. The van der Waals surface area contributed by atoms with Crippen molar-refractivity contribution < 1.29 is 4.79 Å². The number of anilines is 3. The third kappa shape index (κ3) is 4.99. The second-order valence-corrected chi connectivity index (χ2v) is 9.99. The number of nitrogens with zero attached hydrogens (tertiary/aromatic N) is 5. The number of benzene rings is 2. The van der Waals surface area contributed by atoms with Gasteiger partial charge in [0, 0.05) is 43.6 Å². The molecule has 2 aromatic carbocycles. The summed E-state index contributed by atoms with van der Waals surface area (Å²) in [6.07, 6.45) is 7.20. The maximum Gasteiger partial charge on any atom is 0.253 e. The van der Waals surface area contributed by atoms with Gasteiger partial charge in [-0.05, 0) is 79.9 Å². The summed E-state index contributed by atoms with van der Waals surface area (Å²) in [5.74, 6) is 0.589. The maximum absolute atomic E-state index is 13.0. The number of carbonyl (C=O) groups is 1. The van der Waals surface area contributed by atoms with Crippen molar-refractivity contribution in [3.8, 4) is 0 Å². The second kappa shape index (κ2) is 10.7. The molecule has 2 aromatic heterocycles. The molecular weight excluding hydrogens is 474 g/mol. The van der Waals surface area contributed by atoms with E-state index in [1.165, 1.54) is 11.1 Å². The Morgan fingerprint density at radius 2 is 1.82 bits per heavy atom. The van der Waals surface area contributed by atoms with Crippen LogP contribution in [-0.2, 0) is 0 Å². The molecule has 8 heteroatoms. The van der Waals surface area contributed by atoms with Crippen molar-refractivity contribution in [2.45, 2.75) is 25.3 Å². The fraction of sp³-hybridized carbons (Fsp3) is 0.300. The summed E-state index contributed by atoms with van der Waals surface area (Å²) in [4.78, 5) is 22.0. The third-order valence-corrected chi connectivity index (χ3v) is 7.60. The lowest BCUT2D eigenvalue weighted by Gasteiger charge is -2.31. The van der Waals surface area contributed by atoms with E-state index in [2.05, 4.69) is 63.1 Å². The molecule has 0 bridgehead atoms. The molecule has 0 spiro atoms. The molecule has 1 saturated heterocycles. The van der Waals surface area contributed by atoms with Gasteiger partial charge in [-0.2, -0.15) is 4.98 Å². The Morgan fingerprint density at radius 1 is 1.03 bits per heavy atom. The van der Waals surface area contributed by atoms with Crippen LogP contribution in [0.3, 0.4) is 0 Å². The van der Waals surface area contributed by atoms with Crippen LogP contribution < -0.4 is 15.5 Å². The molecule has 194 valence electrons. The summed E-state index contributed by atoms with van der Waals surface area (Å²) in [5, 5.41) is 11.3. The quantitative estimate of drug-likeness (QED) is 0.398. The minimum absolute atomic E-state index is 0.0601. The van der Waals surface area contributed by atoms with Gasteiger partial charge in [0.2, 0.25) is 5.95 Å². The zero-order valence-electron chi connectivity index (χ0n) is 21.7. The summed E-state index contributed by atoms with van der Waals surface area (Å²) in [6.45, 7) is 3.68. The van der Waals surface area contributed by atoms with Crippen LogP contribution in [0.2, 0.25) is 0 Å². The minimum atomic E-state index is 0.0601. The van der Waals surface area contributed by atoms with Crippen molar-refractivity contribution in [2.24, 2.45) is 0 Å². The highest BCUT2D eigenvalue weighted by Gasteiger charge is 2.23. The average Bonchev–Trinajstić information content (AvgIpc) is 3.40. The van der Waals surface area contributed by atoms with Crippen LogP contribution in [0.1, 0.15) is 35.2 Å². The van der Waals surface area contributed by atoms with Crippen molar-refractivity contribution in [2.75, 3.05) is 43.4 Å². The molecule has 0 radical (unpaired) electrons. The molecule has 2 aliphatic heterocycles. The number of rotatable bonds is 6. The van der Waals surface area contributed by atoms with Crippen molar-refractivity contribution in [1.29, 1.82) is 0 Å². The van der Waals surface area contributed by atoms with Crippen molar-refractivity contribution in [3.63, 3.8) is 0 Å². The lowest BCUT2D eigenvalue weighted by atomic mass is 9.99. The Kier molecular flexibility index (Phi) is 6.79. The van der Waals surface area contributed by atoms with Crippen LogP contribution in [0.4, 0.5) is 17.3 Å². The van der Waals surface area contributed by atoms with Gasteiger partial charge in [0.25, 0.3) is 5.91 Å². The number of amides is 1. The zero-order valence-corrected chi connectivity index (χ0v) is 21.7. The lowest BCUT2D eigenvalue weighted by molar-refractivity contribution is 0.0703. The molecule has 0 unspecified atom stereocenters. The van der Waals surface area contributed by atoms with Gasteiger partial charge in [-0.25, -0.2) is 4.52 Å². The first-order valence-corrected chi connectivity index (χ1v) is 13.4. The van der Waals surface area contributed by atoms with Crippen LogP contribution in [0.5, 0.6) is 0 Å².